The standard InChI is InChI=1S/C21H24ClN3O6S2/c1-2-3-13-31-15-7-9-16(10-8-15)33(29,30)25-18(20(26)24-28)6-4-5-12-23-21(27)19-17(22)11-14-32-19/h7-11,14,18,25,28H,4-6,12-13H2,1H3,(H,23,27)(H,24,26)/t18-/m1/s1. The van der Waals surface area contributed by atoms with E-state index in [9.17, 15) is 18.0 Å². The van der Waals surface area contributed by atoms with Crippen molar-refractivity contribution in [2.24, 2.45) is 0 Å². The van der Waals surface area contributed by atoms with Gasteiger partial charge in [0.1, 0.15) is 23.3 Å². The van der Waals surface area contributed by atoms with Crippen LogP contribution in [0.1, 0.15) is 35.9 Å². The number of unbranched alkanes of at least 4 members (excludes halogenated alkanes) is 1. The molecule has 1 heterocycles. The zero-order chi connectivity index (χ0) is 24.3. The number of carbonyl (C=O) groups excluding carboxylic acids is 2. The van der Waals surface area contributed by atoms with E-state index >= 15 is 0 Å². The van der Waals surface area contributed by atoms with Gasteiger partial charge in [-0.2, -0.15) is 4.72 Å². The highest BCUT2D eigenvalue weighted by atomic mass is 35.5. The zero-order valence-electron chi connectivity index (χ0n) is 17.8. The van der Waals surface area contributed by atoms with Crippen LogP contribution in [-0.4, -0.2) is 44.6 Å². The lowest BCUT2D eigenvalue weighted by atomic mass is 10.1. The minimum atomic E-state index is -4.04. The number of thiophene rings is 1. The van der Waals surface area contributed by atoms with Crippen molar-refractivity contribution in [2.45, 2.75) is 37.1 Å². The van der Waals surface area contributed by atoms with Gasteiger partial charge in [0.05, 0.1) is 9.92 Å². The normalized spacial score (nSPS) is 11.7. The SMILES string of the molecule is CC#CCOc1ccc(S(=O)(=O)N[C@H](CCCCNC(=O)c2sccc2Cl)C(=O)NO)cc1. The summed E-state index contributed by atoms with van der Waals surface area (Å²) in [4.78, 5) is 24.4. The lowest BCUT2D eigenvalue weighted by Crippen LogP contribution is -2.45. The summed E-state index contributed by atoms with van der Waals surface area (Å²) in [6.45, 7) is 2.18. The van der Waals surface area contributed by atoms with Gasteiger partial charge in [0.15, 0.2) is 0 Å². The average Bonchev–Trinajstić information content (AvgIpc) is 3.23. The third-order valence-electron chi connectivity index (χ3n) is 4.37. The Morgan fingerprint density at radius 1 is 1.21 bits per heavy atom. The van der Waals surface area contributed by atoms with Gasteiger partial charge in [-0.3, -0.25) is 14.8 Å². The number of amides is 2. The van der Waals surface area contributed by atoms with Gasteiger partial charge in [0.25, 0.3) is 11.8 Å². The van der Waals surface area contributed by atoms with Crippen LogP contribution in [0.2, 0.25) is 5.02 Å². The molecule has 0 bridgehead atoms. The quantitative estimate of drug-likeness (QED) is 0.149. The molecule has 0 radical (unpaired) electrons. The summed E-state index contributed by atoms with van der Waals surface area (Å²) in [6.07, 6.45) is 1.00. The van der Waals surface area contributed by atoms with Crippen LogP contribution in [-0.2, 0) is 14.8 Å². The molecule has 1 aromatic heterocycles. The van der Waals surface area contributed by atoms with Crippen molar-refractivity contribution in [2.75, 3.05) is 13.2 Å². The number of ether oxygens (including phenoxy) is 1. The Labute approximate surface area is 201 Å². The number of halogens is 1. The van der Waals surface area contributed by atoms with E-state index in [-0.39, 0.29) is 23.8 Å². The van der Waals surface area contributed by atoms with Gasteiger partial charge in [-0.15, -0.1) is 17.3 Å². The summed E-state index contributed by atoms with van der Waals surface area (Å²) in [5.74, 6) is 4.69. The van der Waals surface area contributed by atoms with Gasteiger partial charge in [-0.1, -0.05) is 17.5 Å². The Hall–Kier alpha value is -2.62. The van der Waals surface area contributed by atoms with Crippen molar-refractivity contribution in [3.63, 3.8) is 0 Å². The molecule has 4 N–H and O–H groups in total. The number of rotatable bonds is 12. The first-order valence-corrected chi connectivity index (χ1v) is 12.6. The number of hydrogen-bond acceptors (Lipinski definition) is 7. The maximum Gasteiger partial charge on any atom is 0.262 e. The highest BCUT2D eigenvalue weighted by Gasteiger charge is 2.25. The Balaban J connectivity index is 1.89. The highest BCUT2D eigenvalue weighted by molar-refractivity contribution is 7.89. The van der Waals surface area contributed by atoms with E-state index < -0.39 is 22.0 Å². The molecule has 178 valence electrons. The first kappa shape index (κ1) is 26.6. The van der Waals surface area contributed by atoms with Crippen LogP contribution in [0.25, 0.3) is 0 Å². The molecule has 0 aliphatic rings. The molecule has 0 aliphatic heterocycles. The molecule has 0 unspecified atom stereocenters. The highest BCUT2D eigenvalue weighted by Crippen LogP contribution is 2.21. The molecular formula is C21H24ClN3O6S2. The van der Waals surface area contributed by atoms with Gasteiger partial charge < -0.3 is 10.1 Å². The lowest BCUT2D eigenvalue weighted by molar-refractivity contribution is -0.131. The number of nitrogens with one attached hydrogen (secondary N) is 3. The van der Waals surface area contributed by atoms with E-state index in [4.69, 9.17) is 21.5 Å². The summed E-state index contributed by atoms with van der Waals surface area (Å²) < 4.78 is 33.0. The van der Waals surface area contributed by atoms with E-state index in [1.54, 1.807) is 18.4 Å². The summed E-state index contributed by atoms with van der Waals surface area (Å²) in [6, 6.07) is 6.09. The third-order valence-corrected chi connectivity index (χ3v) is 7.20. The van der Waals surface area contributed by atoms with Gasteiger partial charge in [-0.05, 0) is 61.9 Å². The molecular weight excluding hydrogens is 490 g/mol. The first-order chi connectivity index (χ1) is 15.8. The molecule has 0 fully saturated rings. The molecule has 0 spiro atoms. The van der Waals surface area contributed by atoms with E-state index in [1.807, 2.05) is 0 Å². The summed E-state index contributed by atoms with van der Waals surface area (Å²) in [5.41, 5.74) is 1.48. The number of carbonyl (C=O) groups is 2. The topological polar surface area (TPSA) is 134 Å². The number of benzene rings is 1. The van der Waals surface area contributed by atoms with E-state index in [0.717, 1.165) is 0 Å². The molecule has 0 saturated carbocycles. The van der Waals surface area contributed by atoms with Crippen molar-refractivity contribution in [3.8, 4) is 17.6 Å². The summed E-state index contributed by atoms with van der Waals surface area (Å²) in [7, 11) is -4.04. The fourth-order valence-electron chi connectivity index (χ4n) is 2.69. The van der Waals surface area contributed by atoms with Crippen LogP contribution in [0.15, 0.2) is 40.6 Å². The van der Waals surface area contributed by atoms with E-state index in [1.165, 1.54) is 41.1 Å². The Morgan fingerprint density at radius 3 is 2.55 bits per heavy atom. The molecule has 0 saturated heterocycles. The van der Waals surface area contributed by atoms with Crippen LogP contribution in [0.3, 0.4) is 0 Å². The monoisotopic (exact) mass is 513 g/mol. The van der Waals surface area contributed by atoms with Crippen molar-refractivity contribution in [1.29, 1.82) is 0 Å². The number of hydrogen-bond donors (Lipinski definition) is 4. The lowest BCUT2D eigenvalue weighted by Gasteiger charge is -2.17. The molecule has 2 rings (SSSR count). The van der Waals surface area contributed by atoms with Crippen molar-refractivity contribution < 1.29 is 28.0 Å². The Kier molecular flexibility index (Phi) is 10.6. The second-order valence-corrected chi connectivity index (χ2v) is 9.72. The van der Waals surface area contributed by atoms with Crippen LogP contribution in [0.4, 0.5) is 0 Å². The largest absolute Gasteiger partial charge is 0.481 e. The van der Waals surface area contributed by atoms with Crippen LogP contribution >= 0.6 is 22.9 Å². The number of hydroxylamine groups is 1. The Morgan fingerprint density at radius 2 is 1.94 bits per heavy atom. The molecule has 2 aromatic rings. The smallest absolute Gasteiger partial charge is 0.262 e. The molecule has 33 heavy (non-hydrogen) atoms. The fraction of sp³-hybridized carbons (Fsp3) is 0.333. The summed E-state index contributed by atoms with van der Waals surface area (Å²) >= 11 is 7.15. The predicted molar refractivity (Wildman–Crippen MR) is 125 cm³/mol. The maximum absolute atomic E-state index is 12.7. The molecule has 12 heteroatoms. The minimum Gasteiger partial charge on any atom is -0.481 e. The van der Waals surface area contributed by atoms with Crippen molar-refractivity contribution >= 4 is 44.8 Å². The molecule has 0 aliphatic carbocycles. The van der Waals surface area contributed by atoms with Gasteiger partial charge in [0.2, 0.25) is 10.0 Å². The van der Waals surface area contributed by atoms with Crippen molar-refractivity contribution in [3.05, 3.63) is 45.6 Å². The average molecular weight is 514 g/mol. The predicted octanol–water partition coefficient (Wildman–Crippen LogP) is 2.56. The van der Waals surface area contributed by atoms with Gasteiger partial charge in [-0.25, -0.2) is 13.9 Å². The Bertz CT molecular complexity index is 1110. The van der Waals surface area contributed by atoms with Crippen LogP contribution in [0.5, 0.6) is 5.75 Å². The van der Waals surface area contributed by atoms with Crippen molar-refractivity contribution in [1.82, 2.24) is 15.5 Å². The van der Waals surface area contributed by atoms with Crippen LogP contribution < -0.4 is 20.3 Å². The molecule has 1 aromatic carbocycles. The van der Waals surface area contributed by atoms with E-state index in [0.29, 0.717) is 35.0 Å². The van der Waals surface area contributed by atoms with Crippen LogP contribution in [0, 0.1) is 11.8 Å². The third kappa shape index (κ3) is 8.34. The maximum atomic E-state index is 12.7. The summed E-state index contributed by atoms with van der Waals surface area (Å²) in [5, 5.41) is 13.8. The second-order valence-electron chi connectivity index (χ2n) is 6.69. The minimum absolute atomic E-state index is 0.0627. The zero-order valence-corrected chi connectivity index (χ0v) is 20.1. The number of sulfonamides is 1. The molecule has 2 amide bonds. The molecule has 1 atom stereocenters. The first-order valence-electron chi connectivity index (χ1n) is 9.88. The van der Waals surface area contributed by atoms with Gasteiger partial charge in [0, 0.05) is 6.54 Å². The van der Waals surface area contributed by atoms with E-state index in [2.05, 4.69) is 21.9 Å². The fourth-order valence-corrected chi connectivity index (χ4v) is 4.98. The van der Waals surface area contributed by atoms with Gasteiger partial charge >= 0.3 is 0 Å². The molecule has 9 nitrogen and oxygen atoms in total. The second kappa shape index (κ2) is 13.2.